The highest BCUT2D eigenvalue weighted by molar-refractivity contribution is 9.10. The third kappa shape index (κ3) is 3.10. The molecule has 112 valence electrons. The number of rotatable bonds is 4. The number of benzene rings is 1. The lowest BCUT2D eigenvalue weighted by Gasteiger charge is -2.18. The van der Waals surface area contributed by atoms with Gasteiger partial charge in [-0.15, -0.1) is 0 Å². The molecule has 0 aliphatic rings. The molecule has 0 unspecified atom stereocenters. The van der Waals surface area contributed by atoms with Crippen LogP contribution in [-0.2, 0) is 9.53 Å². The Labute approximate surface area is 131 Å². The minimum atomic E-state index is -0.457. The first kappa shape index (κ1) is 15.6. The van der Waals surface area contributed by atoms with E-state index in [1.54, 1.807) is 13.0 Å². The van der Waals surface area contributed by atoms with Crippen molar-refractivity contribution in [3.63, 3.8) is 0 Å². The number of furan rings is 1. The van der Waals surface area contributed by atoms with E-state index < -0.39 is 5.97 Å². The molecule has 0 N–H and O–H groups in total. The number of amides is 1. The van der Waals surface area contributed by atoms with E-state index in [1.807, 2.05) is 19.1 Å². The summed E-state index contributed by atoms with van der Waals surface area (Å²) in [5.74, 6) is -0.511. The van der Waals surface area contributed by atoms with Gasteiger partial charge in [-0.3, -0.25) is 9.59 Å². The van der Waals surface area contributed by atoms with Crippen molar-refractivity contribution in [1.29, 1.82) is 0 Å². The Morgan fingerprint density at radius 2 is 2.10 bits per heavy atom. The Morgan fingerprint density at radius 1 is 1.38 bits per heavy atom. The number of carbonyl (C=O) groups is 2. The van der Waals surface area contributed by atoms with Crippen LogP contribution >= 0.6 is 15.9 Å². The molecule has 0 saturated carbocycles. The van der Waals surface area contributed by atoms with Gasteiger partial charge < -0.3 is 14.1 Å². The fourth-order valence-corrected chi connectivity index (χ4v) is 2.45. The molecule has 0 aliphatic heterocycles. The third-order valence-electron chi connectivity index (χ3n) is 3.31. The van der Waals surface area contributed by atoms with E-state index in [4.69, 9.17) is 4.42 Å². The van der Waals surface area contributed by atoms with E-state index in [9.17, 15) is 9.59 Å². The van der Waals surface area contributed by atoms with Gasteiger partial charge in [0.2, 0.25) is 0 Å². The Kier molecular flexibility index (Phi) is 4.67. The largest absolute Gasteiger partial charge is 0.468 e. The molecule has 0 aliphatic carbocycles. The van der Waals surface area contributed by atoms with Crippen LogP contribution in [-0.4, -0.2) is 37.0 Å². The van der Waals surface area contributed by atoms with Gasteiger partial charge >= 0.3 is 5.97 Å². The van der Waals surface area contributed by atoms with Gasteiger partial charge in [-0.1, -0.05) is 15.9 Å². The van der Waals surface area contributed by atoms with Gasteiger partial charge in [0, 0.05) is 22.0 Å². The molecule has 0 saturated heterocycles. The lowest BCUT2D eigenvalue weighted by atomic mass is 10.1. The number of halogens is 1. The summed E-state index contributed by atoms with van der Waals surface area (Å²) in [5.41, 5.74) is 1.41. The fourth-order valence-electron chi connectivity index (χ4n) is 2.09. The van der Waals surface area contributed by atoms with Crippen molar-refractivity contribution < 1.29 is 18.7 Å². The van der Waals surface area contributed by atoms with Crippen molar-refractivity contribution in [3.05, 3.63) is 34.0 Å². The Hall–Kier alpha value is -1.82. The number of hydrogen-bond donors (Lipinski definition) is 0. The Balaban J connectivity index is 2.38. The van der Waals surface area contributed by atoms with Gasteiger partial charge in [0.15, 0.2) is 5.76 Å². The van der Waals surface area contributed by atoms with Gasteiger partial charge in [-0.2, -0.15) is 0 Å². The Bertz CT molecular complexity index is 692. The molecule has 2 rings (SSSR count). The number of likely N-dealkylation sites (N-methyl/N-ethyl adjacent to an activating group) is 1. The molecule has 0 spiro atoms. The van der Waals surface area contributed by atoms with Crippen LogP contribution in [0.15, 0.2) is 27.1 Å². The summed E-state index contributed by atoms with van der Waals surface area (Å²) in [6, 6.07) is 5.56. The van der Waals surface area contributed by atoms with E-state index in [1.165, 1.54) is 12.0 Å². The zero-order valence-electron chi connectivity index (χ0n) is 12.1. The van der Waals surface area contributed by atoms with Crippen LogP contribution < -0.4 is 0 Å². The number of hydrogen-bond acceptors (Lipinski definition) is 4. The summed E-state index contributed by atoms with van der Waals surface area (Å²) < 4.78 is 11.2. The number of carbonyl (C=O) groups excluding carboxylic acids is 2. The first-order valence-corrected chi connectivity index (χ1v) is 7.32. The van der Waals surface area contributed by atoms with Crippen LogP contribution in [0.2, 0.25) is 0 Å². The first-order valence-electron chi connectivity index (χ1n) is 6.52. The van der Waals surface area contributed by atoms with Crippen LogP contribution in [0.5, 0.6) is 0 Å². The molecule has 0 fully saturated rings. The van der Waals surface area contributed by atoms with E-state index >= 15 is 0 Å². The predicted octanol–water partition coefficient (Wildman–Crippen LogP) is 3.14. The highest BCUT2D eigenvalue weighted by Gasteiger charge is 2.24. The predicted molar refractivity (Wildman–Crippen MR) is 82.2 cm³/mol. The maximum absolute atomic E-state index is 12.5. The molecular weight excluding hydrogens is 338 g/mol. The van der Waals surface area contributed by atoms with Crippen LogP contribution in [0.25, 0.3) is 11.0 Å². The van der Waals surface area contributed by atoms with Crippen molar-refractivity contribution in [1.82, 2.24) is 4.90 Å². The average molecular weight is 354 g/mol. The molecule has 2 aromatic rings. The molecule has 1 aromatic carbocycles. The van der Waals surface area contributed by atoms with Crippen LogP contribution in [0.4, 0.5) is 0 Å². The van der Waals surface area contributed by atoms with Gasteiger partial charge in [-0.05, 0) is 32.0 Å². The molecule has 6 heteroatoms. The van der Waals surface area contributed by atoms with Gasteiger partial charge in [0.1, 0.15) is 12.1 Å². The molecule has 0 radical (unpaired) electrons. The number of aryl methyl sites for hydroxylation is 1. The molecule has 1 amide bonds. The summed E-state index contributed by atoms with van der Waals surface area (Å²) in [5, 5.41) is 0.877. The maximum atomic E-state index is 12.5. The number of fused-ring (bicyclic) bond motifs is 1. The molecule has 21 heavy (non-hydrogen) atoms. The Morgan fingerprint density at radius 3 is 2.71 bits per heavy atom. The van der Waals surface area contributed by atoms with E-state index in [2.05, 4.69) is 20.7 Å². The second-order valence-corrected chi connectivity index (χ2v) is 5.51. The number of methoxy groups -OCH3 is 1. The first-order chi connectivity index (χ1) is 9.97. The molecule has 1 aromatic heterocycles. The summed E-state index contributed by atoms with van der Waals surface area (Å²) >= 11 is 3.40. The number of esters is 1. The molecule has 1 heterocycles. The lowest BCUT2D eigenvalue weighted by Crippen LogP contribution is -2.36. The van der Waals surface area contributed by atoms with Gasteiger partial charge in [0.05, 0.1) is 7.11 Å². The van der Waals surface area contributed by atoms with E-state index in [0.29, 0.717) is 12.1 Å². The van der Waals surface area contributed by atoms with Crippen LogP contribution in [0, 0.1) is 6.92 Å². The second-order valence-electron chi connectivity index (χ2n) is 4.59. The van der Waals surface area contributed by atoms with Gasteiger partial charge in [0.25, 0.3) is 5.91 Å². The highest BCUT2D eigenvalue weighted by Crippen LogP contribution is 2.28. The van der Waals surface area contributed by atoms with Crippen molar-refractivity contribution in [2.45, 2.75) is 13.8 Å². The zero-order chi connectivity index (χ0) is 15.6. The number of nitrogens with zero attached hydrogens (tertiary/aromatic N) is 1. The SMILES string of the molecule is CCN(CC(=O)OC)C(=O)c1oc2ccc(Br)cc2c1C. The molecule has 5 nitrogen and oxygen atoms in total. The van der Waals surface area contributed by atoms with Crippen molar-refractivity contribution in [2.24, 2.45) is 0 Å². The summed E-state index contributed by atoms with van der Waals surface area (Å²) in [6.07, 6.45) is 0. The second kappa shape index (κ2) is 6.30. The van der Waals surface area contributed by atoms with Crippen molar-refractivity contribution in [2.75, 3.05) is 20.2 Å². The molecule has 0 atom stereocenters. The maximum Gasteiger partial charge on any atom is 0.325 e. The highest BCUT2D eigenvalue weighted by atomic mass is 79.9. The van der Waals surface area contributed by atoms with E-state index in [0.717, 1.165) is 15.4 Å². The third-order valence-corrected chi connectivity index (χ3v) is 3.80. The monoisotopic (exact) mass is 353 g/mol. The van der Waals surface area contributed by atoms with Crippen LogP contribution in [0.3, 0.4) is 0 Å². The zero-order valence-corrected chi connectivity index (χ0v) is 13.7. The minimum Gasteiger partial charge on any atom is -0.468 e. The van der Waals surface area contributed by atoms with E-state index in [-0.39, 0.29) is 18.2 Å². The molecule has 0 bridgehead atoms. The van der Waals surface area contributed by atoms with Crippen molar-refractivity contribution >= 4 is 38.8 Å². The topological polar surface area (TPSA) is 59.8 Å². The van der Waals surface area contributed by atoms with Gasteiger partial charge in [-0.25, -0.2) is 0 Å². The smallest absolute Gasteiger partial charge is 0.325 e. The fraction of sp³-hybridized carbons (Fsp3) is 0.333. The lowest BCUT2D eigenvalue weighted by molar-refractivity contribution is -0.141. The standard InChI is InChI=1S/C15H16BrNO4/c1-4-17(8-13(18)20-3)15(19)14-9(2)11-7-10(16)5-6-12(11)21-14/h5-7H,4,8H2,1-3H3. The normalized spacial score (nSPS) is 10.7. The summed E-state index contributed by atoms with van der Waals surface area (Å²) in [6.45, 7) is 3.94. The quantitative estimate of drug-likeness (QED) is 0.792. The minimum absolute atomic E-state index is 0.0913. The van der Waals surface area contributed by atoms with Crippen LogP contribution in [0.1, 0.15) is 23.0 Å². The van der Waals surface area contributed by atoms with Crippen molar-refractivity contribution in [3.8, 4) is 0 Å². The number of ether oxygens (including phenoxy) is 1. The molecular formula is C15H16BrNO4. The average Bonchev–Trinajstić information content (AvgIpc) is 2.80. The summed E-state index contributed by atoms with van der Waals surface area (Å²) in [7, 11) is 1.30. The summed E-state index contributed by atoms with van der Waals surface area (Å²) in [4.78, 5) is 25.3.